The molecule has 1 aliphatic carbocycles. The summed E-state index contributed by atoms with van der Waals surface area (Å²) in [5, 5.41) is 3.92. The Morgan fingerprint density at radius 1 is 1.47 bits per heavy atom. The fraction of sp³-hybridized carbons (Fsp3) is 0.714. The van der Waals surface area contributed by atoms with E-state index in [1.807, 2.05) is 20.9 Å². The molecule has 19 heavy (non-hydrogen) atoms. The maximum Gasteiger partial charge on any atom is 0.226 e. The third kappa shape index (κ3) is 2.81. The summed E-state index contributed by atoms with van der Waals surface area (Å²) in [5.41, 5.74) is 7.62. The number of nitrogens with zero attached hydrogens (tertiary/aromatic N) is 2. The smallest absolute Gasteiger partial charge is 0.226 e. The zero-order valence-corrected chi connectivity index (χ0v) is 12.0. The van der Waals surface area contributed by atoms with Crippen LogP contribution in [0.1, 0.15) is 36.3 Å². The van der Waals surface area contributed by atoms with E-state index in [2.05, 4.69) is 5.16 Å². The first-order chi connectivity index (χ1) is 9.04. The molecule has 1 aromatic heterocycles. The monoisotopic (exact) mass is 265 g/mol. The highest BCUT2D eigenvalue weighted by molar-refractivity contribution is 5.79. The number of hydrogen-bond acceptors (Lipinski definition) is 4. The van der Waals surface area contributed by atoms with Gasteiger partial charge in [0, 0.05) is 18.5 Å². The zero-order chi connectivity index (χ0) is 14.0. The average Bonchev–Trinajstić information content (AvgIpc) is 2.99. The van der Waals surface area contributed by atoms with Crippen molar-refractivity contribution in [3.63, 3.8) is 0 Å². The molecule has 0 spiro atoms. The summed E-state index contributed by atoms with van der Waals surface area (Å²) in [6, 6.07) is 0. The van der Waals surface area contributed by atoms with E-state index in [-0.39, 0.29) is 11.8 Å². The molecule has 0 radical (unpaired) electrons. The molecule has 0 aromatic carbocycles. The highest BCUT2D eigenvalue weighted by Crippen LogP contribution is 2.32. The van der Waals surface area contributed by atoms with Gasteiger partial charge in [0.25, 0.3) is 0 Å². The van der Waals surface area contributed by atoms with E-state index in [4.69, 9.17) is 10.3 Å². The van der Waals surface area contributed by atoms with E-state index in [1.54, 1.807) is 4.90 Å². The Bertz CT molecular complexity index is 436. The van der Waals surface area contributed by atoms with E-state index in [9.17, 15) is 4.79 Å². The molecular weight excluding hydrogens is 242 g/mol. The second-order valence-electron chi connectivity index (χ2n) is 5.53. The number of amides is 1. The summed E-state index contributed by atoms with van der Waals surface area (Å²) in [6.07, 6.45) is 3.15. The third-order valence-electron chi connectivity index (χ3n) is 4.23. The van der Waals surface area contributed by atoms with Gasteiger partial charge < -0.3 is 15.2 Å². The molecule has 106 valence electrons. The highest BCUT2D eigenvalue weighted by Gasteiger charge is 2.33. The van der Waals surface area contributed by atoms with Crippen LogP contribution in [0.4, 0.5) is 0 Å². The summed E-state index contributed by atoms with van der Waals surface area (Å²) in [5.74, 6) is 1.43. The minimum absolute atomic E-state index is 0.0930. The lowest BCUT2D eigenvalue weighted by Crippen LogP contribution is -2.36. The number of carbonyl (C=O) groups excluding carboxylic acids is 1. The van der Waals surface area contributed by atoms with Gasteiger partial charge in [-0.1, -0.05) is 11.6 Å². The van der Waals surface area contributed by atoms with Crippen molar-refractivity contribution < 1.29 is 9.32 Å². The number of aryl methyl sites for hydroxylation is 2. The van der Waals surface area contributed by atoms with Crippen LogP contribution in [-0.2, 0) is 11.3 Å². The number of carbonyl (C=O) groups is 1. The third-order valence-corrected chi connectivity index (χ3v) is 4.23. The van der Waals surface area contributed by atoms with E-state index in [1.165, 1.54) is 0 Å². The fourth-order valence-corrected chi connectivity index (χ4v) is 2.97. The van der Waals surface area contributed by atoms with Crippen molar-refractivity contribution in [3.8, 4) is 0 Å². The number of hydrogen-bond donors (Lipinski definition) is 1. The van der Waals surface area contributed by atoms with Gasteiger partial charge >= 0.3 is 0 Å². The number of aromatic nitrogens is 1. The Balaban J connectivity index is 2.03. The standard InChI is InChI=1S/C14H23N3O2/c1-9-13(10(2)19-16-9)8-17(3)14(18)12-6-4-5-11(12)7-15/h11-12H,4-8,15H2,1-3H3. The van der Waals surface area contributed by atoms with Gasteiger partial charge in [-0.2, -0.15) is 0 Å². The van der Waals surface area contributed by atoms with Crippen molar-refractivity contribution in [2.45, 2.75) is 39.7 Å². The fourth-order valence-electron chi connectivity index (χ4n) is 2.97. The Morgan fingerprint density at radius 2 is 2.21 bits per heavy atom. The quantitative estimate of drug-likeness (QED) is 0.898. The second-order valence-corrected chi connectivity index (χ2v) is 5.53. The van der Waals surface area contributed by atoms with E-state index >= 15 is 0 Å². The first-order valence-electron chi connectivity index (χ1n) is 6.91. The van der Waals surface area contributed by atoms with Gasteiger partial charge in [0.2, 0.25) is 5.91 Å². The van der Waals surface area contributed by atoms with Gasteiger partial charge in [0.15, 0.2) is 0 Å². The molecule has 5 heteroatoms. The maximum atomic E-state index is 12.5. The average molecular weight is 265 g/mol. The molecule has 0 saturated heterocycles. The largest absolute Gasteiger partial charge is 0.361 e. The summed E-state index contributed by atoms with van der Waals surface area (Å²) in [6.45, 7) is 4.96. The first-order valence-corrected chi connectivity index (χ1v) is 6.91. The molecule has 1 saturated carbocycles. The van der Waals surface area contributed by atoms with Gasteiger partial charge in [0.05, 0.1) is 12.2 Å². The van der Waals surface area contributed by atoms with Gasteiger partial charge in [-0.3, -0.25) is 4.79 Å². The Morgan fingerprint density at radius 3 is 2.79 bits per heavy atom. The minimum Gasteiger partial charge on any atom is -0.361 e. The van der Waals surface area contributed by atoms with Crippen LogP contribution >= 0.6 is 0 Å². The minimum atomic E-state index is 0.0930. The van der Waals surface area contributed by atoms with Crippen molar-refractivity contribution in [3.05, 3.63) is 17.0 Å². The molecule has 2 atom stereocenters. The molecule has 2 rings (SSSR count). The van der Waals surface area contributed by atoms with Crippen LogP contribution in [0.25, 0.3) is 0 Å². The first kappa shape index (κ1) is 14.1. The van der Waals surface area contributed by atoms with Crippen LogP contribution in [0.3, 0.4) is 0 Å². The summed E-state index contributed by atoms with van der Waals surface area (Å²) in [7, 11) is 1.85. The topological polar surface area (TPSA) is 72.4 Å². The Kier molecular flexibility index (Phi) is 4.24. The predicted molar refractivity (Wildman–Crippen MR) is 72.3 cm³/mol. The van der Waals surface area contributed by atoms with Crippen LogP contribution in [-0.4, -0.2) is 29.6 Å². The van der Waals surface area contributed by atoms with Crippen molar-refractivity contribution in [2.24, 2.45) is 17.6 Å². The SMILES string of the molecule is Cc1noc(C)c1CN(C)C(=O)C1CCCC1CN. The normalized spacial score (nSPS) is 22.7. The van der Waals surface area contributed by atoms with Gasteiger partial charge in [-0.05, 0) is 39.2 Å². The Hall–Kier alpha value is -1.36. The summed E-state index contributed by atoms with van der Waals surface area (Å²) in [4.78, 5) is 14.3. The van der Waals surface area contributed by atoms with Crippen LogP contribution in [0, 0.1) is 25.7 Å². The molecule has 2 N–H and O–H groups in total. The van der Waals surface area contributed by atoms with Gasteiger partial charge in [-0.25, -0.2) is 0 Å². The maximum absolute atomic E-state index is 12.5. The predicted octanol–water partition coefficient (Wildman–Crippen LogP) is 1.62. The molecule has 1 amide bonds. The van der Waals surface area contributed by atoms with E-state index in [0.29, 0.717) is 19.0 Å². The number of nitrogens with two attached hydrogens (primary N) is 1. The lowest BCUT2D eigenvalue weighted by Gasteiger charge is -2.24. The Labute approximate surface area is 114 Å². The lowest BCUT2D eigenvalue weighted by atomic mass is 9.94. The van der Waals surface area contributed by atoms with Gasteiger partial charge in [0.1, 0.15) is 5.76 Å². The number of rotatable bonds is 4. The van der Waals surface area contributed by atoms with E-state index < -0.39 is 0 Å². The molecule has 1 aromatic rings. The summed E-state index contributed by atoms with van der Waals surface area (Å²) < 4.78 is 5.14. The van der Waals surface area contributed by atoms with Crippen LogP contribution < -0.4 is 5.73 Å². The van der Waals surface area contributed by atoms with Crippen LogP contribution in [0.5, 0.6) is 0 Å². The summed E-state index contributed by atoms with van der Waals surface area (Å²) >= 11 is 0. The van der Waals surface area contributed by atoms with E-state index in [0.717, 1.165) is 36.3 Å². The van der Waals surface area contributed by atoms with Gasteiger partial charge in [-0.15, -0.1) is 0 Å². The van der Waals surface area contributed by atoms with Crippen molar-refractivity contribution in [1.82, 2.24) is 10.1 Å². The van der Waals surface area contributed by atoms with Crippen molar-refractivity contribution in [1.29, 1.82) is 0 Å². The van der Waals surface area contributed by atoms with Crippen LogP contribution in [0.15, 0.2) is 4.52 Å². The van der Waals surface area contributed by atoms with Crippen molar-refractivity contribution in [2.75, 3.05) is 13.6 Å². The molecule has 1 heterocycles. The molecule has 0 aliphatic heterocycles. The zero-order valence-electron chi connectivity index (χ0n) is 12.0. The van der Waals surface area contributed by atoms with Crippen molar-refractivity contribution >= 4 is 5.91 Å². The molecule has 0 bridgehead atoms. The molecule has 5 nitrogen and oxygen atoms in total. The molecule has 1 fully saturated rings. The molecular formula is C14H23N3O2. The molecule has 1 aliphatic rings. The van der Waals surface area contributed by atoms with Crippen LogP contribution in [0.2, 0.25) is 0 Å². The lowest BCUT2D eigenvalue weighted by molar-refractivity contribution is -0.135. The highest BCUT2D eigenvalue weighted by atomic mass is 16.5. The second kappa shape index (κ2) is 5.74. The molecule has 2 unspecified atom stereocenters.